The molecule has 2 N–H and O–H groups in total. The molecule has 0 spiro atoms. The highest BCUT2D eigenvalue weighted by atomic mass is 16.3. The van der Waals surface area contributed by atoms with Crippen molar-refractivity contribution < 1.29 is 9.90 Å². The Bertz CT molecular complexity index is 430. The Morgan fingerprint density at radius 2 is 1.85 bits per heavy atom. The molecule has 3 atom stereocenters. The third-order valence-electron chi connectivity index (χ3n) is 4.16. The maximum absolute atomic E-state index is 12.6. The summed E-state index contributed by atoms with van der Waals surface area (Å²) in [5.74, 6) is 0.126. The molecule has 3 nitrogen and oxygen atoms in total. The molecule has 20 heavy (non-hydrogen) atoms. The number of amides is 1. The van der Waals surface area contributed by atoms with E-state index in [9.17, 15) is 9.90 Å². The lowest BCUT2D eigenvalue weighted by Gasteiger charge is -2.31. The van der Waals surface area contributed by atoms with Gasteiger partial charge in [0.2, 0.25) is 5.91 Å². The fourth-order valence-electron chi connectivity index (χ4n) is 3.05. The van der Waals surface area contributed by atoms with Crippen molar-refractivity contribution >= 4 is 5.91 Å². The van der Waals surface area contributed by atoms with E-state index >= 15 is 0 Å². The van der Waals surface area contributed by atoms with Gasteiger partial charge in [0.05, 0.1) is 18.1 Å². The van der Waals surface area contributed by atoms with Crippen LogP contribution in [0.5, 0.6) is 0 Å². The van der Waals surface area contributed by atoms with Gasteiger partial charge < -0.3 is 10.4 Å². The fraction of sp³-hybridized carbons (Fsp3) is 0.588. The van der Waals surface area contributed by atoms with Crippen LogP contribution in [0.2, 0.25) is 0 Å². The Labute approximate surface area is 121 Å². The number of hydrogen-bond acceptors (Lipinski definition) is 2. The fourth-order valence-corrected chi connectivity index (χ4v) is 3.05. The molecule has 0 heterocycles. The topological polar surface area (TPSA) is 49.3 Å². The highest BCUT2D eigenvalue weighted by Gasteiger charge is 2.29. The molecule has 3 unspecified atom stereocenters. The average Bonchev–Trinajstić information content (AvgIpc) is 2.42. The number of aliphatic hydroxyl groups is 1. The number of carbonyl (C=O) groups is 1. The molecule has 1 fully saturated rings. The summed E-state index contributed by atoms with van der Waals surface area (Å²) in [6.07, 6.45) is 3.42. The first kappa shape index (κ1) is 15.0. The standard InChI is InChI=1S/C17H25NO2/c1-12(2)16(13-8-4-3-5-9-13)17(20)18-14-10-6-7-11-15(14)19/h3-5,8-9,12,14-16,19H,6-7,10-11H2,1-2H3,(H,18,20). The van der Waals surface area contributed by atoms with E-state index in [0.717, 1.165) is 31.2 Å². The van der Waals surface area contributed by atoms with E-state index in [-0.39, 0.29) is 23.8 Å². The van der Waals surface area contributed by atoms with Crippen LogP contribution in [0.1, 0.15) is 51.0 Å². The smallest absolute Gasteiger partial charge is 0.228 e. The van der Waals surface area contributed by atoms with Gasteiger partial charge in [0.15, 0.2) is 0 Å². The first-order chi connectivity index (χ1) is 9.59. The molecular weight excluding hydrogens is 250 g/mol. The third-order valence-corrected chi connectivity index (χ3v) is 4.16. The van der Waals surface area contributed by atoms with Crippen LogP contribution in [0.3, 0.4) is 0 Å². The van der Waals surface area contributed by atoms with Crippen LogP contribution in [0, 0.1) is 5.92 Å². The summed E-state index contributed by atoms with van der Waals surface area (Å²) in [5.41, 5.74) is 1.05. The molecule has 1 aromatic rings. The molecule has 3 heteroatoms. The Kier molecular flexibility index (Phi) is 5.18. The SMILES string of the molecule is CC(C)C(C(=O)NC1CCCCC1O)c1ccccc1. The molecular formula is C17H25NO2. The van der Waals surface area contributed by atoms with Crippen molar-refractivity contribution in [3.63, 3.8) is 0 Å². The van der Waals surface area contributed by atoms with Crippen molar-refractivity contribution in [1.82, 2.24) is 5.32 Å². The monoisotopic (exact) mass is 275 g/mol. The molecule has 0 aliphatic heterocycles. The first-order valence-corrected chi connectivity index (χ1v) is 7.63. The predicted octanol–water partition coefficient (Wildman–Crippen LogP) is 2.85. The zero-order chi connectivity index (χ0) is 14.5. The van der Waals surface area contributed by atoms with Gasteiger partial charge in [-0.2, -0.15) is 0 Å². The van der Waals surface area contributed by atoms with Crippen molar-refractivity contribution in [3.8, 4) is 0 Å². The molecule has 1 aromatic carbocycles. The summed E-state index contributed by atoms with van der Waals surface area (Å²) in [7, 11) is 0. The van der Waals surface area contributed by atoms with Gasteiger partial charge in [0.25, 0.3) is 0 Å². The summed E-state index contributed by atoms with van der Waals surface area (Å²) in [4.78, 5) is 12.6. The lowest BCUT2D eigenvalue weighted by Crippen LogP contribution is -2.47. The van der Waals surface area contributed by atoms with Gasteiger partial charge in [-0.05, 0) is 24.3 Å². The van der Waals surface area contributed by atoms with Gasteiger partial charge in [0, 0.05) is 0 Å². The number of aliphatic hydroxyl groups excluding tert-OH is 1. The average molecular weight is 275 g/mol. The zero-order valence-electron chi connectivity index (χ0n) is 12.4. The first-order valence-electron chi connectivity index (χ1n) is 7.63. The summed E-state index contributed by atoms with van der Waals surface area (Å²) in [5, 5.41) is 13.1. The molecule has 1 aliphatic carbocycles. The second-order valence-corrected chi connectivity index (χ2v) is 6.10. The maximum atomic E-state index is 12.6. The van der Waals surface area contributed by atoms with E-state index in [0.29, 0.717) is 0 Å². The minimum absolute atomic E-state index is 0.0390. The van der Waals surface area contributed by atoms with E-state index in [2.05, 4.69) is 19.2 Å². The summed E-state index contributed by atoms with van der Waals surface area (Å²) in [6, 6.07) is 9.81. The van der Waals surface area contributed by atoms with Crippen LogP contribution < -0.4 is 5.32 Å². The third kappa shape index (κ3) is 3.60. The Balaban J connectivity index is 2.08. The normalized spacial score (nSPS) is 24.4. The molecule has 110 valence electrons. The van der Waals surface area contributed by atoms with Crippen molar-refractivity contribution in [2.24, 2.45) is 5.92 Å². The van der Waals surface area contributed by atoms with Crippen LogP contribution in [0.15, 0.2) is 30.3 Å². The lowest BCUT2D eigenvalue weighted by molar-refractivity contribution is -0.125. The van der Waals surface area contributed by atoms with Crippen molar-refractivity contribution in [3.05, 3.63) is 35.9 Å². The van der Waals surface area contributed by atoms with Gasteiger partial charge in [-0.3, -0.25) is 4.79 Å². The van der Waals surface area contributed by atoms with Gasteiger partial charge in [-0.25, -0.2) is 0 Å². The van der Waals surface area contributed by atoms with E-state index in [1.54, 1.807) is 0 Å². The number of hydrogen-bond donors (Lipinski definition) is 2. The summed E-state index contributed by atoms with van der Waals surface area (Å²) >= 11 is 0. The molecule has 0 saturated heterocycles. The van der Waals surface area contributed by atoms with Gasteiger partial charge in [-0.1, -0.05) is 57.0 Å². The molecule has 1 aliphatic rings. The second-order valence-electron chi connectivity index (χ2n) is 6.10. The Morgan fingerprint density at radius 3 is 2.45 bits per heavy atom. The molecule has 0 aromatic heterocycles. The summed E-state index contributed by atoms with van der Waals surface area (Å²) < 4.78 is 0. The van der Waals surface area contributed by atoms with Crippen LogP contribution in [0.25, 0.3) is 0 Å². The van der Waals surface area contributed by atoms with Crippen molar-refractivity contribution in [1.29, 1.82) is 0 Å². The quantitative estimate of drug-likeness (QED) is 0.887. The van der Waals surface area contributed by atoms with Crippen molar-refractivity contribution in [2.45, 2.75) is 57.6 Å². The minimum atomic E-state index is -0.392. The van der Waals surface area contributed by atoms with Gasteiger partial charge in [-0.15, -0.1) is 0 Å². The van der Waals surface area contributed by atoms with Gasteiger partial charge >= 0.3 is 0 Å². The predicted molar refractivity (Wildman–Crippen MR) is 80.4 cm³/mol. The van der Waals surface area contributed by atoms with Crippen LogP contribution in [-0.2, 0) is 4.79 Å². The maximum Gasteiger partial charge on any atom is 0.228 e. The lowest BCUT2D eigenvalue weighted by atomic mass is 9.86. The second kappa shape index (κ2) is 6.89. The van der Waals surface area contributed by atoms with E-state index in [4.69, 9.17) is 0 Å². The van der Waals surface area contributed by atoms with Crippen LogP contribution in [-0.4, -0.2) is 23.2 Å². The number of nitrogens with one attached hydrogen (secondary N) is 1. The zero-order valence-corrected chi connectivity index (χ0v) is 12.4. The van der Waals surface area contributed by atoms with Gasteiger partial charge in [0.1, 0.15) is 0 Å². The van der Waals surface area contributed by atoms with Crippen molar-refractivity contribution in [2.75, 3.05) is 0 Å². The van der Waals surface area contributed by atoms with E-state index < -0.39 is 6.10 Å². The Morgan fingerprint density at radius 1 is 1.20 bits per heavy atom. The minimum Gasteiger partial charge on any atom is -0.391 e. The molecule has 2 rings (SSSR count). The number of carbonyl (C=O) groups excluding carboxylic acids is 1. The van der Waals surface area contributed by atoms with E-state index in [1.165, 1.54) is 0 Å². The molecule has 0 bridgehead atoms. The van der Waals surface area contributed by atoms with Crippen LogP contribution in [0.4, 0.5) is 0 Å². The molecule has 0 radical (unpaired) electrons. The largest absolute Gasteiger partial charge is 0.391 e. The Hall–Kier alpha value is -1.35. The molecule has 1 amide bonds. The summed E-state index contributed by atoms with van der Waals surface area (Å²) in [6.45, 7) is 4.13. The number of rotatable bonds is 4. The molecule has 1 saturated carbocycles. The highest BCUT2D eigenvalue weighted by molar-refractivity contribution is 5.84. The number of benzene rings is 1. The highest BCUT2D eigenvalue weighted by Crippen LogP contribution is 2.26. The van der Waals surface area contributed by atoms with E-state index in [1.807, 2.05) is 30.3 Å². The van der Waals surface area contributed by atoms with Crippen LogP contribution >= 0.6 is 0 Å².